The second kappa shape index (κ2) is 5.54. The molecule has 1 heterocycles. The first kappa shape index (κ1) is 12.4. The van der Waals surface area contributed by atoms with Crippen LogP contribution in [0.1, 0.15) is 24.1 Å². The summed E-state index contributed by atoms with van der Waals surface area (Å²) in [6.45, 7) is 2.12. The smallest absolute Gasteiger partial charge is 0.0554 e. The maximum Gasteiger partial charge on any atom is 0.0554 e. The van der Waals surface area contributed by atoms with Gasteiger partial charge in [0.25, 0.3) is 0 Å². The number of nitrogens with zero attached hydrogens (tertiary/aromatic N) is 1. The first-order valence-electron chi connectivity index (χ1n) is 6.61. The zero-order chi connectivity index (χ0) is 13.1. The lowest BCUT2D eigenvalue weighted by Crippen LogP contribution is -1.95. The molecule has 96 valence electrons. The van der Waals surface area contributed by atoms with Crippen LogP contribution in [-0.2, 0) is 0 Å². The molecule has 19 heavy (non-hydrogen) atoms. The Labute approximate surface area is 118 Å². The van der Waals surface area contributed by atoms with Crippen molar-refractivity contribution < 1.29 is 0 Å². The molecular weight excluding hydrogens is 250 g/mol. The summed E-state index contributed by atoms with van der Waals surface area (Å²) in [6, 6.07) is 13.0. The highest BCUT2D eigenvalue weighted by atomic mass is 32.2. The van der Waals surface area contributed by atoms with Gasteiger partial charge in [0.1, 0.15) is 0 Å². The molecule has 0 N–H and O–H groups in total. The lowest BCUT2D eigenvalue weighted by atomic mass is 10.0. The monoisotopic (exact) mass is 267 g/mol. The Bertz CT molecular complexity index is 617. The van der Waals surface area contributed by atoms with E-state index in [1.165, 1.54) is 21.7 Å². The van der Waals surface area contributed by atoms with E-state index in [0.29, 0.717) is 0 Å². The summed E-state index contributed by atoms with van der Waals surface area (Å²) in [5.74, 6) is 0. The van der Waals surface area contributed by atoms with E-state index in [1.807, 2.05) is 0 Å². The molecule has 0 atom stereocenters. The van der Waals surface area contributed by atoms with Crippen molar-refractivity contribution in [3.63, 3.8) is 0 Å². The van der Waals surface area contributed by atoms with Gasteiger partial charge in [-0.2, -0.15) is 0 Å². The zero-order valence-electron chi connectivity index (χ0n) is 11.0. The lowest BCUT2D eigenvalue weighted by molar-refractivity contribution is 1.03. The van der Waals surface area contributed by atoms with Gasteiger partial charge in [0.05, 0.1) is 5.69 Å². The number of benzene rings is 1. The second-order valence-corrected chi connectivity index (χ2v) is 5.83. The first-order chi connectivity index (χ1) is 9.33. The molecule has 0 spiro atoms. The zero-order valence-corrected chi connectivity index (χ0v) is 11.9. The molecule has 0 radical (unpaired) electrons. The molecule has 1 aliphatic rings. The van der Waals surface area contributed by atoms with Crippen molar-refractivity contribution in [1.82, 2.24) is 3.97 Å². The number of hydrogen-bond acceptors (Lipinski definition) is 1. The average Bonchev–Trinajstić information content (AvgIpc) is 2.90. The highest BCUT2D eigenvalue weighted by Gasteiger charge is 2.09. The van der Waals surface area contributed by atoms with Crippen LogP contribution in [0.4, 0.5) is 0 Å². The molecule has 0 bridgehead atoms. The highest BCUT2D eigenvalue weighted by Crippen LogP contribution is 2.29. The van der Waals surface area contributed by atoms with Gasteiger partial charge in [-0.05, 0) is 61.6 Å². The maximum absolute atomic E-state index is 2.26. The maximum atomic E-state index is 2.26. The standard InChI is InChI=1S/C17H17NS/c1-14-9-11-16(12-10-14)19-18-13-5-8-17(18)15-6-3-2-4-7-15/h2-3,5-6,8-13H,4,7H2,1H3. The summed E-state index contributed by atoms with van der Waals surface area (Å²) in [5, 5.41) is 0. The largest absolute Gasteiger partial charge is 0.287 e. The minimum Gasteiger partial charge on any atom is -0.287 e. The van der Waals surface area contributed by atoms with Gasteiger partial charge in [-0.3, -0.25) is 3.97 Å². The minimum absolute atomic E-state index is 1.13. The van der Waals surface area contributed by atoms with Crippen LogP contribution in [-0.4, -0.2) is 3.97 Å². The predicted molar refractivity (Wildman–Crippen MR) is 83.2 cm³/mol. The van der Waals surface area contributed by atoms with Gasteiger partial charge in [0.15, 0.2) is 0 Å². The van der Waals surface area contributed by atoms with Crippen LogP contribution in [0.5, 0.6) is 0 Å². The molecule has 0 aliphatic heterocycles. The highest BCUT2D eigenvalue weighted by molar-refractivity contribution is 7.97. The lowest BCUT2D eigenvalue weighted by Gasteiger charge is -2.12. The van der Waals surface area contributed by atoms with Crippen molar-refractivity contribution in [3.8, 4) is 0 Å². The molecule has 0 fully saturated rings. The quantitative estimate of drug-likeness (QED) is 0.750. The molecule has 1 aromatic heterocycles. The molecule has 3 rings (SSSR count). The van der Waals surface area contributed by atoms with Crippen LogP contribution in [0.15, 0.2) is 65.7 Å². The number of aromatic nitrogens is 1. The molecule has 0 saturated carbocycles. The summed E-state index contributed by atoms with van der Waals surface area (Å²) in [7, 11) is 0. The van der Waals surface area contributed by atoms with E-state index >= 15 is 0 Å². The van der Waals surface area contributed by atoms with Gasteiger partial charge in [0, 0.05) is 11.1 Å². The molecule has 1 aromatic carbocycles. The van der Waals surface area contributed by atoms with E-state index in [1.54, 1.807) is 11.9 Å². The van der Waals surface area contributed by atoms with Crippen molar-refractivity contribution in [2.24, 2.45) is 0 Å². The molecular formula is C17H17NS. The van der Waals surface area contributed by atoms with Crippen LogP contribution in [0, 0.1) is 6.92 Å². The molecule has 0 saturated heterocycles. The average molecular weight is 267 g/mol. The third-order valence-corrected chi connectivity index (χ3v) is 4.28. The second-order valence-electron chi connectivity index (χ2n) is 4.78. The van der Waals surface area contributed by atoms with Gasteiger partial charge in [-0.25, -0.2) is 0 Å². The molecule has 1 nitrogen and oxygen atoms in total. The van der Waals surface area contributed by atoms with Crippen molar-refractivity contribution in [1.29, 1.82) is 0 Å². The Balaban J connectivity index is 1.86. The topological polar surface area (TPSA) is 4.93 Å². The third kappa shape index (κ3) is 2.85. The normalized spacial score (nSPS) is 14.5. The third-order valence-electron chi connectivity index (χ3n) is 3.28. The van der Waals surface area contributed by atoms with E-state index in [-0.39, 0.29) is 0 Å². The van der Waals surface area contributed by atoms with Crippen molar-refractivity contribution in [2.75, 3.05) is 0 Å². The fraction of sp³-hybridized carbons (Fsp3) is 0.176. The number of rotatable bonds is 3. The van der Waals surface area contributed by atoms with E-state index in [0.717, 1.165) is 12.8 Å². The Morgan fingerprint density at radius 2 is 1.95 bits per heavy atom. The van der Waals surface area contributed by atoms with Gasteiger partial charge in [-0.15, -0.1) is 0 Å². The van der Waals surface area contributed by atoms with Crippen LogP contribution in [0.25, 0.3) is 5.57 Å². The van der Waals surface area contributed by atoms with Crippen LogP contribution in [0.2, 0.25) is 0 Å². The molecule has 0 amide bonds. The Hall–Kier alpha value is -1.67. The SMILES string of the molecule is Cc1ccc(Sn2cccc2C2=CC=CCC2)cc1. The molecule has 1 aliphatic carbocycles. The number of aryl methyl sites for hydroxylation is 1. The van der Waals surface area contributed by atoms with Gasteiger partial charge < -0.3 is 0 Å². The van der Waals surface area contributed by atoms with Crippen LogP contribution in [0.3, 0.4) is 0 Å². The summed E-state index contributed by atoms with van der Waals surface area (Å²) >= 11 is 1.77. The van der Waals surface area contributed by atoms with Gasteiger partial charge >= 0.3 is 0 Å². The summed E-state index contributed by atoms with van der Waals surface area (Å²) in [5.41, 5.74) is 4.04. The Morgan fingerprint density at radius 1 is 1.11 bits per heavy atom. The summed E-state index contributed by atoms with van der Waals surface area (Å²) in [4.78, 5) is 1.27. The van der Waals surface area contributed by atoms with E-state index < -0.39 is 0 Å². The van der Waals surface area contributed by atoms with Crippen molar-refractivity contribution >= 4 is 17.5 Å². The van der Waals surface area contributed by atoms with E-state index in [4.69, 9.17) is 0 Å². The first-order valence-corrected chi connectivity index (χ1v) is 7.39. The van der Waals surface area contributed by atoms with Crippen LogP contribution >= 0.6 is 11.9 Å². The van der Waals surface area contributed by atoms with Crippen LogP contribution < -0.4 is 0 Å². The molecule has 2 heteroatoms. The van der Waals surface area contributed by atoms with Gasteiger partial charge in [-0.1, -0.05) is 35.9 Å². The Kier molecular flexibility index (Phi) is 3.60. The van der Waals surface area contributed by atoms with E-state index in [2.05, 4.69) is 71.7 Å². The molecule has 0 unspecified atom stereocenters. The molecule has 2 aromatic rings. The van der Waals surface area contributed by atoms with Crippen molar-refractivity contribution in [3.05, 3.63) is 72.1 Å². The van der Waals surface area contributed by atoms with E-state index in [9.17, 15) is 0 Å². The fourth-order valence-corrected chi connectivity index (χ4v) is 3.12. The number of hydrogen-bond donors (Lipinski definition) is 0. The minimum atomic E-state index is 1.13. The van der Waals surface area contributed by atoms with Gasteiger partial charge in [0.2, 0.25) is 0 Å². The predicted octanol–water partition coefficient (Wildman–Crippen LogP) is 5.09. The fourth-order valence-electron chi connectivity index (χ4n) is 2.22. The summed E-state index contributed by atoms with van der Waals surface area (Å²) < 4.78 is 2.26. The van der Waals surface area contributed by atoms with Crippen molar-refractivity contribution in [2.45, 2.75) is 24.7 Å². The number of allylic oxidation sites excluding steroid dienone is 4. The summed E-state index contributed by atoms with van der Waals surface area (Å²) in [6.07, 6.45) is 11.0. The Morgan fingerprint density at radius 3 is 2.68 bits per heavy atom.